The van der Waals surface area contributed by atoms with Crippen LogP contribution in [-0.4, -0.2) is 4.57 Å². The highest BCUT2D eigenvalue weighted by molar-refractivity contribution is 6.10. The standard InChI is InChI=1S/C61H44N2/c1-5-17-43(18-6-1)44-29-34-50(35-30-44)62(51-36-31-45(32-37-51)46-33-40-60-56(41-46)55-26-14-16-28-59(55)63(60)49-23-11-4-12-24-49)52-38-39-54-53-25-13-15-27-57(53)61(58(54)42-52,47-19-7-2-8-20-47)48-21-9-3-10-22-48/h1-31,33-36,38-42H,32,37H2. The minimum absolute atomic E-state index is 0.483. The SMILES string of the molecule is C1=C(c2ccc3c(c2)c2ccccc2n3-c2ccccc2)CCC(N(c2ccc(-c3ccccc3)cc2)c2ccc3c(c2)C(c2ccccc2)(c2ccccc2)c2ccccc2-3)=C1. The number of nitrogens with zero attached hydrogens (tertiary/aromatic N) is 2. The predicted molar refractivity (Wildman–Crippen MR) is 264 cm³/mol. The summed E-state index contributed by atoms with van der Waals surface area (Å²) in [5, 5.41) is 2.55. The normalized spacial score (nSPS) is 13.9. The summed E-state index contributed by atoms with van der Waals surface area (Å²) in [5.74, 6) is 0. The summed E-state index contributed by atoms with van der Waals surface area (Å²) < 4.78 is 2.39. The minimum Gasteiger partial charge on any atom is -0.314 e. The van der Waals surface area contributed by atoms with Gasteiger partial charge in [-0.3, -0.25) is 0 Å². The average Bonchev–Trinajstić information content (AvgIpc) is 3.86. The maximum absolute atomic E-state index is 2.50. The van der Waals surface area contributed by atoms with Gasteiger partial charge in [-0.05, 0) is 129 Å². The highest BCUT2D eigenvalue weighted by atomic mass is 15.1. The van der Waals surface area contributed by atoms with Gasteiger partial charge >= 0.3 is 0 Å². The number of para-hydroxylation sites is 2. The van der Waals surface area contributed by atoms with Crippen molar-refractivity contribution in [2.24, 2.45) is 0 Å². The van der Waals surface area contributed by atoms with Crippen molar-refractivity contribution in [3.05, 3.63) is 276 Å². The van der Waals surface area contributed by atoms with Gasteiger partial charge in [0.25, 0.3) is 0 Å². The predicted octanol–water partition coefficient (Wildman–Crippen LogP) is 15.7. The quantitative estimate of drug-likeness (QED) is 0.149. The van der Waals surface area contributed by atoms with E-state index in [1.165, 1.54) is 88.8 Å². The van der Waals surface area contributed by atoms with Gasteiger partial charge in [0, 0.05) is 33.5 Å². The summed E-state index contributed by atoms with van der Waals surface area (Å²) in [7, 11) is 0. The van der Waals surface area contributed by atoms with E-state index in [0.717, 1.165) is 24.2 Å². The monoisotopic (exact) mass is 804 g/mol. The summed E-state index contributed by atoms with van der Waals surface area (Å²) in [4.78, 5) is 2.50. The first-order chi connectivity index (χ1) is 31.3. The zero-order valence-electron chi connectivity index (χ0n) is 34.9. The van der Waals surface area contributed by atoms with Crippen molar-refractivity contribution < 1.29 is 0 Å². The fourth-order valence-corrected chi connectivity index (χ4v) is 10.6. The summed E-state index contributed by atoms with van der Waals surface area (Å²) in [6.45, 7) is 0. The Bertz CT molecular complexity index is 3320. The lowest BCUT2D eigenvalue weighted by molar-refractivity contribution is 0.768. The first-order valence-electron chi connectivity index (χ1n) is 22.1. The molecule has 1 heterocycles. The van der Waals surface area contributed by atoms with E-state index in [9.17, 15) is 0 Å². The molecular formula is C61H44N2. The number of fused-ring (bicyclic) bond motifs is 6. The molecule has 9 aromatic carbocycles. The van der Waals surface area contributed by atoms with E-state index in [1.807, 2.05) is 0 Å². The molecule has 0 saturated heterocycles. The van der Waals surface area contributed by atoms with Crippen LogP contribution in [0.15, 0.2) is 248 Å². The summed E-state index contributed by atoms with van der Waals surface area (Å²) in [6.07, 6.45) is 6.56. The molecule has 0 atom stereocenters. The van der Waals surface area contributed by atoms with Crippen molar-refractivity contribution >= 4 is 38.8 Å². The van der Waals surface area contributed by atoms with Crippen molar-refractivity contribution in [1.82, 2.24) is 4.57 Å². The molecule has 2 aliphatic rings. The second kappa shape index (κ2) is 15.2. The van der Waals surface area contributed by atoms with Gasteiger partial charge in [0.1, 0.15) is 0 Å². The van der Waals surface area contributed by atoms with Crippen LogP contribution in [0.5, 0.6) is 0 Å². The second-order valence-corrected chi connectivity index (χ2v) is 16.8. The molecule has 0 spiro atoms. The van der Waals surface area contributed by atoms with Gasteiger partial charge in [-0.2, -0.15) is 0 Å². The molecule has 63 heavy (non-hydrogen) atoms. The van der Waals surface area contributed by atoms with Gasteiger partial charge in [0.15, 0.2) is 0 Å². The van der Waals surface area contributed by atoms with E-state index in [1.54, 1.807) is 0 Å². The third-order valence-electron chi connectivity index (χ3n) is 13.4. The van der Waals surface area contributed by atoms with E-state index in [-0.39, 0.29) is 0 Å². The zero-order chi connectivity index (χ0) is 41.7. The third-order valence-corrected chi connectivity index (χ3v) is 13.4. The molecule has 0 amide bonds. The number of rotatable bonds is 8. The van der Waals surface area contributed by atoms with E-state index < -0.39 is 5.41 Å². The average molecular weight is 805 g/mol. The van der Waals surface area contributed by atoms with E-state index in [2.05, 4.69) is 252 Å². The van der Waals surface area contributed by atoms with Crippen molar-refractivity contribution in [2.45, 2.75) is 18.3 Å². The molecular weight excluding hydrogens is 761 g/mol. The molecule has 2 nitrogen and oxygen atoms in total. The maximum atomic E-state index is 2.50. The van der Waals surface area contributed by atoms with Gasteiger partial charge in [0.05, 0.1) is 16.4 Å². The molecule has 2 heteroatoms. The number of benzene rings is 9. The highest BCUT2D eigenvalue weighted by Crippen LogP contribution is 2.57. The van der Waals surface area contributed by atoms with Crippen LogP contribution in [-0.2, 0) is 5.41 Å². The summed E-state index contributed by atoms with van der Waals surface area (Å²) >= 11 is 0. The molecule has 0 aliphatic heterocycles. The molecule has 0 bridgehead atoms. The topological polar surface area (TPSA) is 8.17 Å². The van der Waals surface area contributed by atoms with Crippen LogP contribution in [0.2, 0.25) is 0 Å². The molecule has 0 unspecified atom stereocenters. The van der Waals surface area contributed by atoms with Crippen LogP contribution in [0.25, 0.3) is 55.3 Å². The van der Waals surface area contributed by atoms with Crippen molar-refractivity contribution in [2.75, 3.05) is 4.90 Å². The Morgan fingerprint density at radius 3 is 1.67 bits per heavy atom. The summed E-state index contributed by atoms with van der Waals surface area (Å²) in [5.41, 5.74) is 19.5. The zero-order valence-corrected chi connectivity index (χ0v) is 34.9. The van der Waals surface area contributed by atoms with Gasteiger partial charge in [-0.15, -0.1) is 0 Å². The molecule has 10 aromatic rings. The fraction of sp³-hybridized carbons (Fsp3) is 0.0492. The van der Waals surface area contributed by atoms with Crippen molar-refractivity contribution in [1.29, 1.82) is 0 Å². The van der Waals surface area contributed by atoms with Crippen LogP contribution in [0.4, 0.5) is 11.4 Å². The number of anilines is 2. The minimum atomic E-state index is -0.483. The molecule has 1 aromatic heterocycles. The Morgan fingerprint density at radius 2 is 0.952 bits per heavy atom. The van der Waals surface area contributed by atoms with Gasteiger partial charge < -0.3 is 9.47 Å². The van der Waals surface area contributed by atoms with Crippen LogP contribution >= 0.6 is 0 Å². The van der Waals surface area contributed by atoms with Crippen molar-refractivity contribution in [3.63, 3.8) is 0 Å². The van der Waals surface area contributed by atoms with Crippen molar-refractivity contribution in [3.8, 4) is 27.9 Å². The maximum Gasteiger partial charge on any atom is 0.0714 e. The lowest BCUT2D eigenvalue weighted by atomic mass is 9.67. The Balaban J connectivity index is 1.01. The number of hydrogen-bond acceptors (Lipinski definition) is 1. The fourth-order valence-electron chi connectivity index (χ4n) is 10.6. The Labute approximate surface area is 369 Å². The molecule has 2 aliphatic carbocycles. The van der Waals surface area contributed by atoms with Crippen LogP contribution in [0.1, 0.15) is 40.7 Å². The van der Waals surface area contributed by atoms with Gasteiger partial charge in [0.2, 0.25) is 0 Å². The number of hydrogen-bond donors (Lipinski definition) is 0. The smallest absolute Gasteiger partial charge is 0.0714 e. The third kappa shape index (κ3) is 6.02. The second-order valence-electron chi connectivity index (χ2n) is 16.8. The van der Waals surface area contributed by atoms with Crippen LogP contribution in [0.3, 0.4) is 0 Å². The largest absolute Gasteiger partial charge is 0.314 e. The Kier molecular flexibility index (Phi) is 8.90. The first-order valence-corrected chi connectivity index (χ1v) is 22.1. The Morgan fingerprint density at radius 1 is 0.381 bits per heavy atom. The Hall–Kier alpha value is -7.94. The lowest BCUT2D eigenvalue weighted by Crippen LogP contribution is -2.29. The van der Waals surface area contributed by atoms with Gasteiger partial charge in [-0.25, -0.2) is 0 Å². The molecule has 0 N–H and O–H groups in total. The molecule has 0 radical (unpaired) electrons. The van der Waals surface area contributed by atoms with E-state index in [4.69, 9.17) is 0 Å². The number of allylic oxidation sites excluding steroid dienone is 4. The van der Waals surface area contributed by atoms with Crippen LogP contribution < -0.4 is 4.90 Å². The summed E-state index contributed by atoms with van der Waals surface area (Å²) in [6, 6.07) is 84.7. The highest BCUT2D eigenvalue weighted by Gasteiger charge is 2.46. The first kappa shape index (κ1) is 36.9. The van der Waals surface area contributed by atoms with Crippen LogP contribution in [0, 0.1) is 0 Å². The molecule has 0 saturated carbocycles. The van der Waals surface area contributed by atoms with Gasteiger partial charge in [-0.1, -0.05) is 182 Å². The lowest BCUT2D eigenvalue weighted by Gasteiger charge is -2.35. The molecule has 12 rings (SSSR count). The van der Waals surface area contributed by atoms with E-state index in [0.29, 0.717) is 0 Å². The number of aromatic nitrogens is 1. The molecule has 0 fully saturated rings. The molecule has 298 valence electrons. The van der Waals surface area contributed by atoms with E-state index >= 15 is 0 Å².